The van der Waals surface area contributed by atoms with Gasteiger partial charge in [0.2, 0.25) is 5.91 Å². The number of allylic oxidation sites excluding steroid dienone is 1. The zero-order valence-corrected chi connectivity index (χ0v) is 18.4. The number of carboxylic acid groups (broad SMARTS) is 1. The number of aliphatic carboxylic acids is 1. The Balaban J connectivity index is 1.58. The van der Waals surface area contributed by atoms with E-state index in [9.17, 15) is 9.59 Å². The number of carboxylic acids is 1. The molecule has 2 N–H and O–H groups in total. The molecule has 0 heterocycles. The van der Waals surface area contributed by atoms with Gasteiger partial charge in [-0.25, -0.2) is 0 Å². The average molecular weight is 428 g/mol. The van der Waals surface area contributed by atoms with E-state index in [1.165, 1.54) is 11.1 Å². The van der Waals surface area contributed by atoms with Gasteiger partial charge in [0.1, 0.15) is 0 Å². The molecule has 3 rings (SSSR count). The van der Waals surface area contributed by atoms with E-state index in [0.29, 0.717) is 19.4 Å². The Bertz CT molecular complexity index is 1070. The third-order valence-electron chi connectivity index (χ3n) is 5.42. The van der Waals surface area contributed by atoms with Crippen LogP contribution in [0.5, 0.6) is 0 Å². The molecule has 0 spiro atoms. The fraction of sp³-hybridized carbons (Fsp3) is 0.214. The minimum Gasteiger partial charge on any atom is -0.481 e. The summed E-state index contributed by atoms with van der Waals surface area (Å²) in [6.07, 6.45) is 3.72. The maximum Gasteiger partial charge on any atom is 0.303 e. The topological polar surface area (TPSA) is 66.4 Å². The summed E-state index contributed by atoms with van der Waals surface area (Å²) in [4.78, 5) is 23.3. The van der Waals surface area contributed by atoms with Gasteiger partial charge in [-0.3, -0.25) is 9.59 Å². The molecule has 32 heavy (non-hydrogen) atoms. The second kappa shape index (κ2) is 11.7. The molecule has 0 saturated carbocycles. The van der Waals surface area contributed by atoms with Crippen LogP contribution < -0.4 is 5.32 Å². The molecular weight excluding hydrogens is 398 g/mol. The summed E-state index contributed by atoms with van der Waals surface area (Å²) < 4.78 is 0. The van der Waals surface area contributed by atoms with Crippen molar-refractivity contribution in [2.45, 2.75) is 32.6 Å². The first-order valence-electron chi connectivity index (χ1n) is 10.9. The molecular formula is C28H29NO3. The van der Waals surface area contributed by atoms with Gasteiger partial charge in [-0.1, -0.05) is 84.9 Å². The summed E-state index contributed by atoms with van der Waals surface area (Å²) >= 11 is 0. The van der Waals surface area contributed by atoms with E-state index in [0.717, 1.165) is 28.7 Å². The Morgan fingerprint density at radius 2 is 1.56 bits per heavy atom. The largest absolute Gasteiger partial charge is 0.481 e. The molecule has 1 amide bonds. The highest BCUT2D eigenvalue weighted by molar-refractivity contribution is 5.83. The Morgan fingerprint density at radius 3 is 2.25 bits per heavy atom. The van der Waals surface area contributed by atoms with Crippen molar-refractivity contribution in [2.24, 2.45) is 0 Å². The summed E-state index contributed by atoms with van der Waals surface area (Å²) in [6, 6.07) is 25.9. The lowest BCUT2D eigenvalue weighted by atomic mass is 9.98. The van der Waals surface area contributed by atoms with Gasteiger partial charge in [-0.15, -0.1) is 0 Å². The van der Waals surface area contributed by atoms with Gasteiger partial charge in [0.25, 0.3) is 0 Å². The van der Waals surface area contributed by atoms with E-state index in [1.807, 2.05) is 72.8 Å². The molecule has 4 heteroatoms. The maximum atomic E-state index is 12.3. The molecule has 0 aromatic heterocycles. The van der Waals surface area contributed by atoms with Gasteiger partial charge in [0.15, 0.2) is 0 Å². The quantitative estimate of drug-likeness (QED) is 0.431. The van der Waals surface area contributed by atoms with Crippen LogP contribution in [0.15, 0.2) is 78.9 Å². The van der Waals surface area contributed by atoms with Gasteiger partial charge in [-0.05, 0) is 53.2 Å². The summed E-state index contributed by atoms with van der Waals surface area (Å²) in [6.45, 7) is 2.70. The van der Waals surface area contributed by atoms with Crippen molar-refractivity contribution in [3.05, 3.63) is 107 Å². The van der Waals surface area contributed by atoms with Crippen LogP contribution in [0, 0.1) is 6.92 Å². The third-order valence-corrected chi connectivity index (χ3v) is 5.42. The lowest BCUT2D eigenvalue weighted by molar-refractivity contribution is -0.136. The number of aryl methyl sites for hydroxylation is 1. The first-order chi connectivity index (χ1) is 15.5. The van der Waals surface area contributed by atoms with Gasteiger partial charge in [0.05, 0.1) is 6.42 Å². The summed E-state index contributed by atoms with van der Waals surface area (Å²) in [5.41, 5.74) is 6.42. The van der Waals surface area contributed by atoms with E-state index in [4.69, 9.17) is 5.11 Å². The van der Waals surface area contributed by atoms with Crippen molar-refractivity contribution in [3.8, 4) is 0 Å². The highest BCUT2D eigenvalue weighted by Gasteiger charge is 2.07. The number of carbonyl (C=O) groups is 2. The van der Waals surface area contributed by atoms with E-state index in [2.05, 4.69) is 24.4 Å². The molecule has 0 unspecified atom stereocenters. The first kappa shape index (κ1) is 23.0. The zero-order valence-electron chi connectivity index (χ0n) is 18.4. The summed E-state index contributed by atoms with van der Waals surface area (Å²) in [5.74, 6) is -0.802. The average Bonchev–Trinajstić information content (AvgIpc) is 2.79. The van der Waals surface area contributed by atoms with Crippen LogP contribution in [0.1, 0.15) is 40.7 Å². The Labute approximate surface area is 189 Å². The molecule has 164 valence electrons. The number of hydrogen-bond acceptors (Lipinski definition) is 2. The molecule has 0 radical (unpaired) electrons. The number of hydrogen-bond donors (Lipinski definition) is 2. The van der Waals surface area contributed by atoms with Gasteiger partial charge in [-0.2, -0.15) is 0 Å². The molecule has 3 aromatic carbocycles. The van der Waals surface area contributed by atoms with E-state index in [1.54, 1.807) is 0 Å². The number of carbonyl (C=O) groups excluding carboxylic acids is 1. The fourth-order valence-corrected chi connectivity index (χ4v) is 3.60. The molecule has 0 aliphatic heterocycles. The smallest absolute Gasteiger partial charge is 0.303 e. The number of nitrogens with one attached hydrogen (secondary N) is 1. The zero-order chi connectivity index (χ0) is 22.8. The minimum absolute atomic E-state index is 0.00769. The highest BCUT2D eigenvalue weighted by Crippen LogP contribution is 2.23. The molecule has 4 nitrogen and oxygen atoms in total. The first-order valence-corrected chi connectivity index (χ1v) is 10.9. The van der Waals surface area contributed by atoms with Crippen molar-refractivity contribution in [2.75, 3.05) is 6.54 Å². The van der Waals surface area contributed by atoms with Crippen molar-refractivity contribution in [1.29, 1.82) is 0 Å². The third kappa shape index (κ3) is 7.24. The summed E-state index contributed by atoms with van der Waals surface area (Å²) in [5, 5.41) is 12.1. The number of rotatable bonds is 10. The SMILES string of the molecule is Cc1ccccc1CCNC(=O)Cc1ccc(/C=C(\CCC(=O)O)c2ccccc2)cc1. The van der Waals surface area contributed by atoms with Crippen LogP contribution in [0.4, 0.5) is 0 Å². The van der Waals surface area contributed by atoms with Gasteiger partial charge >= 0.3 is 5.97 Å². The highest BCUT2D eigenvalue weighted by atomic mass is 16.4. The van der Waals surface area contributed by atoms with Crippen LogP contribution >= 0.6 is 0 Å². The Kier molecular flexibility index (Phi) is 8.38. The molecule has 0 aliphatic rings. The second-order valence-electron chi connectivity index (χ2n) is 7.87. The summed E-state index contributed by atoms with van der Waals surface area (Å²) in [7, 11) is 0. The molecule has 0 aliphatic carbocycles. The number of benzene rings is 3. The van der Waals surface area contributed by atoms with Crippen LogP contribution in [-0.4, -0.2) is 23.5 Å². The molecule has 0 fully saturated rings. The van der Waals surface area contributed by atoms with E-state index in [-0.39, 0.29) is 12.3 Å². The van der Waals surface area contributed by atoms with E-state index >= 15 is 0 Å². The minimum atomic E-state index is -0.810. The Morgan fingerprint density at radius 1 is 0.875 bits per heavy atom. The molecule has 0 atom stereocenters. The number of amides is 1. The van der Waals surface area contributed by atoms with Crippen LogP contribution in [0.2, 0.25) is 0 Å². The van der Waals surface area contributed by atoms with Crippen molar-refractivity contribution >= 4 is 23.5 Å². The normalized spacial score (nSPS) is 11.2. The molecule has 3 aromatic rings. The van der Waals surface area contributed by atoms with Crippen LogP contribution in [0.3, 0.4) is 0 Å². The molecule has 0 bridgehead atoms. The van der Waals surface area contributed by atoms with Crippen molar-refractivity contribution in [3.63, 3.8) is 0 Å². The van der Waals surface area contributed by atoms with Gasteiger partial charge in [0, 0.05) is 13.0 Å². The van der Waals surface area contributed by atoms with Crippen LogP contribution in [0.25, 0.3) is 11.6 Å². The standard InChI is InChI=1S/C28H29NO3/c1-21-7-5-6-8-24(21)17-18-29-27(30)20-23-13-11-22(12-14-23)19-26(15-16-28(31)32)25-9-3-2-4-10-25/h2-14,19H,15-18,20H2,1H3,(H,29,30)(H,31,32)/b26-19+. The van der Waals surface area contributed by atoms with E-state index < -0.39 is 5.97 Å². The van der Waals surface area contributed by atoms with Gasteiger partial charge < -0.3 is 10.4 Å². The lowest BCUT2D eigenvalue weighted by Gasteiger charge is -2.09. The van der Waals surface area contributed by atoms with Crippen molar-refractivity contribution < 1.29 is 14.7 Å². The maximum absolute atomic E-state index is 12.3. The second-order valence-corrected chi connectivity index (χ2v) is 7.87. The predicted molar refractivity (Wildman–Crippen MR) is 129 cm³/mol. The van der Waals surface area contributed by atoms with Crippen LogP contribution in [-0.2, 0) is 22.4 Å². The Hall–Kier alpha value is -3.66. The lowest BCUT2D eigenvalue weighted by Crippen LogP contribution is -2.27. The predicted octanol–water partition coefficient (Wildman–Crippen LogP) is 5.30. The van der Waals surface area contributed by atoms with Crippen molar-refractivity contribution in [1.82, 2.24) is 5.32 Å². The molecule has 0 saturated heterocycles. The fourth-order valence-electron chi connectivity index (χ4n) is 3.60. The monoisotopic (exact) mass is 427 g/mol.